The quantitative estimate of drug-likeness (QED) is 0.557. The molecular formula is C10H18P+. The smallest absolute Gasteiger partial charge is 0.0831 e. The lowest BCUT2D eigenvalue weighted by molar-refractivity contribution is 1.02. The number of hydrogen-bond acceptors (Lipinski definition) is 0. The van der Waals surface area contributed by atoms with Crippen molar-refractivity contribution in [2.75, 3.05) is 26.2 Å². The highest BCUT2D eigenvalue weighted by atomic mass is 31.2. The van der Waals surface area contributed by atoms with Crippen LogP contribution in [0.4, 0.5) is 0 Å². The third-order valence-electron chi connectivity index (χ3n) is 1.73. The molecule has 0 N–H and O–H groups in total. The molecule has 0 saturated heterocycles. The maximum absolute atomic E-state index is 2.40. The molecule has 0 fully saturated rings. The second-order valence-corrected chi connectivity index (χ2v) is 9.10. The van der Waals surface area contributed by atoms with Crippen LogP contribution in [0.5, 0.6) is 0 Å². The van der Waals surface area contributed by atoms with Gasteiger partial charge in [0.25, 0.3) is 0 Å². The molecule has 0 saturated carbocycles. The molecule has 0 heterocycles. The zero-order chi connectivity index (χ0) is 8.32. The summed E-state index contributed by atoms with van der Waals surface area (Å²) < 4.78 is 0. The molecule has 0 spiro atoms. The van der Waals surface area contributed by atoms with Crippen molar-refractivity contribution in [1.82, 2.24) is 0 Å². The third kappa shape index (κ3) is 3.72. The number of hydrogen-bond donors (Lipinski definition) is 0. The Balaban J connectivity index is 2.49. The summed E-state index contributed by atoms with van der Waals surface area (Å²) in [6.07, 6.45) is 10.8. The number of allylic oxidation sites excluding steroid dienone is 4. The Morgan fingerprint density at radius 1 is 1.27 bits per heavy atom. The highest BCUT2D eigenvalue weighted by Gasteiger charge is 2.18. The second-order valence-electron chi connectivity index (χ2n) is 4.21. The van der Waals surface area contributed by atoms with Gasteiger partial charge in [-0.15, -0.1) is 0 Å². The summed E-state index contributed by atoms with van der Waals surface area (Å²) >= 11 is 0. The van der Waals surface area contributed by atoms with Gasteiger partial charge >= 0.3 is 0 Å². The average Bonchev–Trinajstić information content (AvgIpc) is 1.85. The molecule has 1 heteroatoms. The van der Waals surface area contributed by atoms with Gasteiger partial charge < -0.3 is 0 Å². The molecule has 62 valence electrons. The molecule has 0 amide bonds. The van der Waals surface area contributed by atoms with Crippen molar-refractivity contribution in [3.05, 3.63) is 23.8 Å². The Morgan fingerprint density at radius 2 is 2.00 bits per heavy atom. The van der Waals surface area contributed by atoms with Gasteiger partial charge in [0.1, 0.15) is 0 Å². The van der Waals surface area contributed by atoms with Gasteiger partial charge in [0.2, 0.25) is 0 Å². The van der Waals surface area contributed by atoms with E-state index in [1.165, 1.54) is 19.0 Å². The Labute approximate surface area is 70.7 Å². The molecule has 0 atom stereocenters. The van der Waals surface area contributed by atoms with Crippen LogP contribution in [0.3, 0.4) is 0 Å². The van der Waals surface area contributed by atoms with Crippen LogP contribution < -0.4 is 0 Å². The van der Waals surface area contributed by atoms with Crippen molar-refractivity contribution in [1.29, 1.82) is 0 Å². The fourth-order valence-corrected chi connectivity index (χ4v) is 2.66. The first-order valence-electron chi connectivity index (χ1n) is 4.24. The zero-order valence-electron chi connectivity index (χ0n) is 7.80. The summed E-state index contributed by atoms with van der Waals surface area (Å²) in [5.74, 6) is 0. The average molecular weight is 169 g/mol. The summed E-state index contributed by atoms with van der Waals surface area (Å²) in [6.45, 7) is 7.20. The van der Waals surface area contributed by atoms with E-state index in [1.54, 1.807) is 5.57 Å². The highest BCUT2D eigenvalue weighted by Crippen LogP contribution is 2.48. The van der Waals surface area contributed by atoms with E-state index in [0.29, 0.717) is 0 Å². The van der Waals surface area contributed by atoms with Gasteiger partial charge in [-0.25, -0.2) is 0 Å². The summed E-state index contributed by atoms with van der Waals surface area (Å²) in [6, 6.07) is 0. The summed E-state index contributed by atoms with van der Waals surface area (Å²) in [5.41, 5.74) is 1.57. The molecule has 0 aromatic carbocycles. The van der Waals surface area contributed by atoms with Crippen LogP contribution >= 0.6 is 7.26 Å². The summed E-state index contributed by atoms with van der Waals surface area (Å²) in [4.78, 5) is 0. The van der Waals surface area contributed by atoms with Crippen molar-refractivity contribution in [3.63, 3.8) is 0 Å². The van der Waals surface area contributed by atoms with E-state index in [1.807, 2.05) is 0 Å². The van der Waals surface area contributed by atoms with Crippen LogP contribution in [0, 0.1) is 0 Å². The van der Waals surface area contributed by atoms with Crippen LogP contribution in [0.25, 0.3) is 0 Å². The Kier molecular flexibility index (Phi) is 2.90. The van der Waals surface area contributed by atoms with Crippen molar-refractivity contribution in [2.45, 2.75) is 12.8 Å². The first-order chi connectivity index (χ1) is 5.08. The number of rotatable bonds is 2. The van der Waals surface area contributed by atoms with Gasteiger partial charge in [-0.3, -0.25) is 0 Å². The topological polar surface area (TPSA) is 0 Å². The van der Waals surface area contributed by atoms with E-state index in [2.05, 4.69) is 38.2 Å². The lowest BCUT2D eigenvalue weighted by Crippen LogP contribution is -1.97. The molecule has 1 aliphatic rings. The Hall–Kier alpha value is -0.0900. The van der Waals surface area contributed by atoms with E-state index in [-0.39, 0.29) is 0 Å². The van der Waals surface area contributed by atoms with E-state index >= 15 is 0 Å². The first-order valence-corrected chi connectivity index (χ1v) is 7.55. The fraction of sp³-hybridized carbons (Fsp3) is 0.600. The van der Waals surface area contributed by atoms with Crippen molar-refractivity contribution in [3.8, 4) is 0 Å². The summed E-state index contributed by atoms with van der Waals surface area (Å²) in [5, 5.41) is 0. The monoisotopic (exact) mass is 169 g/mol. The maximum Gasteiger partial charge on any atom is 0.0831 e. The molecule has 0 bridgehead atoms. The Morgan fingerprint density at radius 3 is 2.45 bits per heavy atom. The molecule has 0 aromatic rings. The minimum absolute atomic E-state index is 0.604. The molecule has 11 heavy (non-hydrogen) atoms. The van der Waals surface area contributed by atoms with Crippen molar-refractivity contribution >= 4 is 7.26 Å². The predicted octanol–water partition coefficient (Wildman–Crippen LogP) is 3.17. The van der Waals surface area contributed by atoms with Crippen LogP contribution in [0.2, 0.25) is 0 Å². The van der Waals surface area contributed by atoms with Gasteiger partial charge in [0.05, 0.1) is 6.16 Å². The molecule has 0 nitrogen and oxygen atoms in total. The van der Waals surface area contributed by atoms with Gasteiger partial charge in [-0.1, -0.05) is 18.2 Å². The second kappa shape index (κ2) is 3.54. The first kappa shape index (κ1) is 9.00. The van der Waals surface area contributed by atoms with Crippen molar-refractivity contribution < 1.29 is 0 Å². The molecular weight excluding hydrogens is 151 g/mol. The third-order valence-corrected chi connectivity index (χ3v) is 3.04. The van der Waals surface area contributed by atoms with Crippen LogP contribution in [-0.4, -0.2) is 26.2 Å². The minimum atomic E-state index is -0.604. The highest BCUT2D eigenvalue weighted by molar-refractivity contribution is 7.73. The molecule has 0 unspecified atom stereocenters. The standard InChI is InChI=1S/C10H18P/c1-11(2,3)9-10-7-5-4-6-8-10/h5,7-8H,4,6,9H2,1-3H3/q+1. The zero-order valence-corrected chi connectivity index (χ0v) is 8.70. The normalized spacial score (nSPS) is 18.3. The minimum Gasteiger partial charge on any atom is -0.0838 e. The van der Waals surface area contributed by atoms with E-state index in [4.69, 9.17) is 0 Å². The van der Waals surface area contributed by atoms with Gasteiger partial charge in [0, 0.05) is 27.3 Å². The molecule has 0 aromatic heterocycles. The van der Waals surface area contributed by atoms with Crippen LogP contribution in [0.15, 0.2) is 23.8 Å². The van der Waals surface area contributed by atoms with Gasteiger partial charge in [0.15, 0.2) is 0 Å². The van der Waals surface area contributed by atoms with E-state index in [0.717, 1.165) is 0 Å². The SMILES string of the molecule is C[P+](C)(C)CC1=CCCC=C1. The maximum atomic E-state index is 2.40. The van der Waals surface area contributed by atoms with E-state index < -0.39 is 7.26 Å². The molecule has 1 aliphatic carbocycles. The Bertz CT molecular complexity index is 182. The molecule has 1 rings (SSSR count). The summed E-state index contributed by atoms with van der Waals surface area (Å²) in [7, 11) is -0.604. The van der Waals surface area contributed by atoms with E-state index in [9.17, 15) is 0 Å². The van der Waals surface area contributed by atoms with Gasteiger partial charge in [-0.05, 0) is 18.4 Å². The largest absolute Gasteiger partial charge is 0.0838 e. The predicted molar refractivity (Wildman–Crippen MR) is 56.0 cm³/mol. The lowest BCUT2D eigenvalue weighted by Gasteiger charge is -2.13. The van der Waals surface area contributed by atoms with Gasteiger partial charge in [-0.2, -0.15) is 0 Å². The molecule has 0 aliphatic heterocycles. The van der Waals surface area contributed by atoms with Crippen molar-refractivity contribution in [2.24, 2.45) is 0 Å². The van der Waals surface area contributed by atoms with Crippen LogP contribution in [0.1, 0.15) is 12.8 Å². The fourth-order valence-electron chi connectivity index (χ4n) is 1.33. The molecule has 0 radical (unpaired) electrons. The lowest BCUT2D eigenvalue weighted by atomic mass is 10.1. The van der Waals surface area contributed by atoms with Crippen LogP contribution in [-0.2, 0) is 0 Å².